The molecule has 3 heterocycles. The van der Waals surface area contributed by atoms with Crippen LogP contribution in [0.1, 0.15) is 18.8 Å². The molecule has 0 amide bonds. The van der Waals surface area contributed by atoms with Crippen molar-refractivity contribution in [3.63, 3.8) is 0 Å². The highest BCUT2D eigenvalue weighted by molar-refractivity contribution is 6.35. The summed E-state index contributed by atoms with van der Waals surface area (Å²) in [6.07, 6.45) is 2.91. The number of aromatic amines is 1. The zero-order valence-corrected chi connectivity index (χ0v) is 18.0. The van der Waals surface area contributed by atoms with Crippen LogP contribution in [0.4, 0.5) is 10.2 Å². The van der Waals surface area contributed by atoms with Gasteiger partial charge in [0.05, 0.1) is 34.0 Å². The van der Waals surface area contributed by atoms with Gasteiger partial charge in [-0.1, -0.05) is 23.2 Å². The molecule has 3 aromatic heterocycles. The largest absolute Gasteiger partial charge is 0.358 e. The summed E-state index contributed by atoms with van der Waals surface area (Å²) >= 11 is 12.5. The number of halogens is 3. The Morgan fingerprint density at radius 1 is 1.12 bits per heavy atom. The number of anilines is 1. The lowest BCUT2D eigenvalue weighted by molar-refractivity contribution is 0.629. The van der Waals surface area contributed by atoms with Gasteiger partial charge in [-0.15, -0.1) is 0 Å². The van der Waals surface area contributed by atoms with E-state index in [4.69, 9.17) is 23.2 Å². The van der Waals surface area contributed by atoms with E-state index < -0.39 is 17.4 Å². The first-order chi connectivity index (χ1) is 15.4. The second kappa shape index (κ2) is 7.85. The molecule has 11 heteroatoms. The Labute approximate surface area is 190 Å². The summed E-state index contributed by atoms with van der Waals surface area (Å²) in [5, 5.41) is 4.03. The smallest absolute Gasteiger partial charge is 0.266 e. The number of hydrogen-bond acceptors (Lipinski definition) is 6. The van der Waals surface area contributed by atoms with Crippen LogP contribution >= 0.6 is 23.2 Å². The minimum absolute atomic E-state index is 0.128. The van der Waals surface area contributed by atoms with Crippen molar-refractivity contribution in [2.45, 2.75) is 13.0 Å². The molecule has 5 aromatic rings. The van der Waals surface area contributed by atoms with Crippen LogP contribution in [0, 0.1) is 5.82 Å². The zero-order chi connectivity index (χ0) is 22.4. The Morgan fingerprint density at radius 2 is 1.97 bits per heavy atom. The molecule has 0 radical (unpaired) electrons. The fourth-order valence-electron chi connectivity index (χ4n) is 3.50. The number of benzene rings is 2. The molecule has 5 rings (SSSR count). The van der Waals surface area contributed by atoms with Crippen LogP contribution in [-0.2, 0) is 0 Å². The highest BCUT2D eigenvalue weighted by Crippen LogP contribution is 2.28. The number of nitrogens with zero attached hydrogens (tertiary/aromatic N) is 5. The van der Waals surface area contributed by atoms with Gasteiger partial charge >= 0.3 is 0 Å². The van der Waals surface area contributed by atoms with Gasteiger partial charge in [-0.3, -0.25) is 9.36 Å². The summed E-state index contributed by atoms with van der Waals surface area (Å²) in [5.74, 6) is 0.276. The van der Waals surface area contributed by atoms with Crippen LogP contribution in [0.3, 0.4) is 0 Å². The van der Waals surface area contributed by atoms with Crippen molar-refractivity contribution < 1.29 is 4.39 Å². The molecule has 0 aliphatic rings. The van der Waals surface area contributed by atoms with Crippen LogP contribution in [0.25, 0.3) is 27.8 Å². The average molecular weight is 470 g/mol. The van der Waals surface area contributed by atoms with E-state index in [0.717, 1.165) is 6.07 Å². The molecular weight excluding hydrogens is 456 g/mol. The van der Waals surface area contributed by atoms with Gasteiger partial charge in [0.15, 0.2) is 11.5 Å². The second-order valence-electron chi connectivity index (χ2n) is 7.06. The number of imidazole rings is 1. The second-order valence-corrected chi connectivity index (χ2v) is 7.90. The molecule has 0 aliphatic carbocycles. The van der Waals surface area contributed by atoms with Crippen molar-refractivity contribution in [2.75, 3.05) is 5.32 Å². The van der Waals surface area contributed by atoms with Crippen molar-refractivity contribution in [1.29, 1.82) is 0 Å². The van der Waals surface area contributed by atoms with Crippen LogP contribution in [0.15, 0.2) is 53.8 Å². The number of hydrogen-bond donors (Lipinski definition) is 2. The predicted octanol–water partition coefficient (Wildman–Crippen LogP) is 4.67. The molecule has 2 N–H and O–H groups in total. The van der Waals surface area contributed by atoms with Gasteiger partial charge in [0.1, 0.15) is 23.5 Å². The number of aromatic nitrogens is 6. The lowest BCUT2D eigenvalue weighted by atomic mass is 10.2. The third-order valence-electron chi connectivity index (χ3n) is 4.96. The van der Waals surface area contributed by atoms with Crippen molar-refractivity contribution in [2.24, 2.45) is 0 Å². The van der Waals surface area contributed by atoms with Gasteiger partial charge in [-0.2, -0.15) is 0 Å². The Kier molecular flexibility index (Phi) is 4.99. The zero-order valence-electron chi connectivity index (χ0n) is 16.5. The Bertz CT molecular complexity index is 1550. The summed E-state index contributed by atoms with van der Waals surface area (Å²) in [4.78, 5) is 33.7. The van der Waals surface area contributed by atoms with Crippen molar-refractivity contribution in [3.05, 3.63) is 81.1 Å². The van der Waals surface area contributed by atoms with E-state index in [2.05, 4.69) is 30.2 Å². The minimum atomic E-state index is -0.536. The molecule has 0 bridgehead atoms. The van der Waals surface area contributed by atoms with Crippen LogP contribution in [0.5, 0.6) is 0 Å². The number of rotatable bonds is 4. The van der Waals surface area contributed by atoms with Crippen LogP contribution < -0.4 is 10.9 Å². The van der Waals surface area contributed by atoms with Gasteiger partial charge in [-0.25, -0.2) is 24.3 Å². The first-order valence-electron chi connectivity index (χ1n) is 9.50. The van der Waals surface area contributed by atoms with E-state index in [9.17, 15) is 9.18 Å². The first-order valence-corrected chi connectivity index (χ1v) is 10.3. The minimum Gasteiger partial charge on any atom is -0.358 e. The van der Waals surface area contributed by atoms with E-state index in [1.54, 1.807) is 12.1 Å². The standard InChI is InChI=1S/C21H14Cl2FN7O/c1-10(29-19-17-18(26-8-25-17)27-9-28-19)20-30-15-4-3-12(24)7-13(15)21(32)31(20)16-5-2-11(22)6-14(16)23/h2-10H,1H3,(H2,25,26,27,28,29)/t10-/m0/s1. The maximum Gasteiger partial charge on any atom is 0.266 e. The van der Waals surface area contributed by atoms with Crippen LogP contribution in [0.2, 0.25) is 10.0 Å². The number of H-pyrrole nitrogens is 1. The molecule has 0 aliphatic heterocycles. The fraction of sp³-hybridized carbons (Fsp3) is 0.0952. The molecule has 0 saturated carbocycles. The Morgan fingerprint density at radius 3 is 2.78 bits per heavy atom. The van der Waals surface area contributed by atoms with Gasteiger partial charge in [0, 0.05) is 5.02 Å². The monoisotopic (exact) mass is 469 g/mol. The summed E-state index contributed by atoms with van der Waals surface area (Å²) in [5.41, 5.74) is 1.37. The lowest BCUT2D eigenvalue weighted by Gasteiger charge is -2.20. The molecular formula is C21H14Cl2FN7O. The molecule has 1 atom stereocenters. The Hall–Kier alpha value is -3.56. The van der Waals surface area contributed by atoms with Gasteiger partial charge in [-0.05, 0) is 43.3 Å². The molecule has 8 nitrogen and oxygen atoms in total. The highest BCUT2D eigenvalue weighted by atomic mass is 35.5. The van der Waals surface area contributed by atoms with E-state index in [0.29, 0.717) is 39.0 Å². The third-order valence-corrected chi connectivity index (χ3v) is 5.50. The first kappa shape index (κ1) is 20.3. The van der Waals surface area contributed by atoms with Crippen molar-refractivity contribution in [1.82, 2.24) is 29.5 Å². The normalized spacial score (nSPS) is 12.4. The van der Waals surface area contributed by atoms with Crippen molar-refractivity contribution >= 4 is 51.1 Å². The summed E-state index contributed by atoms with van der Waals surface area (Å²) in [6, 6.07) is 8.13. The third kappa shape index (κ3) is 3.45. The lowest BCUT2D eigenvalue weighted by Crippen LogP contribution is -2.27. The quantitative estimate of drug-likeness (QED) is 0.396. The SMILES string of the molecule is C[C@H](Nc1ncnc2[nH]cnc12)c1nc2ccc(F)cc2c(=O)n1-c1ccc(Cl)cc1Cl. The van der Waals surface area contributed by atoms with E-state index in [-0.39, 0.29) is 10.4 Å². The number of fused-ring (bicyclic) bond motifs is 2. The van der Waals surface area contributed by atoms with Gasteiger partial charge < -0.3 is 10.3 Å². The van der Waals surface area contributed by atoms with Crippen LogP contribution in [-0.4, -0.2) is 29.5 Å². The summed E-state index contributed by atoms with van der Waals surface area (Å²) in [7, 11) is 0. The number of nitrogens with one attached hydrogen (secondary N) is 2. The topological polar surface area (TPSA) is 101 Å². The average Bonchev–Trinajstić information content (AvgIpc) is 3.25. The summed E-state index contributed by atoms with van der Waals surface area (Å²) < 4.78 is 15.2. The molecule has 0 unspecified atom stereocenters. The maximum atomic E-state index is 13.9. The van der Waals surface area contributed by atoms with E-state index >= 15 is 0 Å². The van der Waals surface area contributed by atoms with Gasteiger partial charge in [0.25, 0.3) is 5.56 Å². The maximum absolute atomic E-state index is 13.9. The van der Waals surface area contributed by atoms with Gasteiger partial charge in [0.2, 0.25) is 0 Å². The van der Waals surface area contributed by atoms with E-state index in [1.807, 2.05) is 6.92 Å². The fourth-order valence-corrected chi connectivity index (χ4v) is 3.99. The highest BCUT2D eigenvalue weighted by Gasteiger charge is 2.21. The van der Waals surface area contributed by atoms with Crippen molar-refractivity contribution in [3.8, 4) is 5.69 Å². The molecule has 160 valence electrons. The molecule has 0 fully saturated rings. The molecule has 0 saturated heterocycles. The Balaban J connectivity index is 1.73. The van der Waals surface area contributed by atoms with E-state index in [1.165, 1.54) is 35.4 Å². The summed E-state index contributed by atoms with van der Waals surface area (Å²) in [6.45, 7) is 1.82. The molecule has 32 heavy (non-hydrogen) atoms. The molecule has 2 aromatic carbocycles. The molecule has 0 spiro atoms. The predicted molar refractivity (Wildman–Crippen MR) is 121 cm³/mol.